The number of hydrogen-bond acceptors (Lipinski definition) is 9. The first-order valence-electron chi connectivity index (χ1n) is 19.8. The molecule has 0 atom stereocenters. The van der Waals surface area contributed by atoms with Crippen molar-refractivity contribution in [2.45, 2.75) is 44.7 Å². The standard InChI is InChI=1S/C31H20ClF2OS2.C18H13F2S.CHF3O3S.ClHO4/c32-29-20-22(31(35)21-4-2-1-3-5-21)6-19-30(29)36-25-11-17-28(18-12-25)37(26-13-7-23(33)8-14-26)27-15-9-24(34)10-16-27;19-14-6-10-17(11-7-14)21(16-4-2-1-3-5-16)18-12-8-15(20)9-13-18;2-1(3,4)8(5,6)7;2-1(3,4)5/h1-20H;1-13H;(H,5,6,7);(H,2,3,4,5)/q2*+1;;/p-2. The number of carbonyl (C=O) groups is 1. The van der Waals surface area contributed by atoms with Crippen LogP contribution in [0.15, 0.2) is 239 Å². The van der Waals surface area contributed by atoms with E-state index in [0.29, 0.717) is 16.1 Å². The topological polar surface area (TPSA) is 167 Å². The molecular weight excluding hydrogens is 1060 g/mol. The zero-order valence-corrected chi connectivity index (χ0v) is 40.6. The molecule has 21 heteroatoms. The minimum absolute atomic E-state index is 0.0722. The van der Waals surface area contributed by atoms with E-state index in [1.807, 2.05) is 78.9 Å². The van der Waals surface area contributed by atoms with Gasteiger partial charge in [-0.1, -0.05) is 71.9 Å². The average Bonchev–Trinajstić information content (AvgIpc) is 3.32. The summed E-state index contributed by atoms with van der Waals surface area (Å²) in [5.41, 5.74) is -4.49. The average molecular weight is 1090 g/mol. The van der Waals surface area contributed by atoms with Crippen LogP contribution in [0.1, 0.15) is 15.9 Å². The van der Waals surface area contributed by atoms with Crippen molar-refractivity contribution < 1.29 is 77.4 Å². The van der Waals surface area contributed by atoms with Gasteiger partial charge in [0.15, 0.2) is 45.3 Å². The van der Waals surface area contributed by atoms with Gasteiger partial charge in [0.05, 0.1) is 26.8 Å². The summed E-state index contributed by atoms with van der Waals surface area (Å²) in [5.74, 6) is -1.18. The maximum Gasteiger partial charge on any atom is 0.485 e. The van der Waals surface area contributed by atoms with Gasteiger partial charge in [0.2, 0.25) is 0 Å². The van der Waals surface area contributed by atoms with Gasteiger partial charge in [0, 0.05) is 20.9 Å². The zero-order valence-electron chi connectivity index (χ0n) is 35.9. The summed E-state index contributed by atoms with van der Waals surface area (Å²) in [7, 11) is -11.9. The number of hydrogen-bond donors (Lipinski definition) is 0. The molecule has 0 heterocycles. The Morgan fingerprint density at radius 2 is 0.775 bits per heavy atom. The van der Waals surface area contributed by atoms with E-state index in [-0.39, 0.29) is 39.9 Å². The summed E-state index contributed by atoms with van der Waals surface area (Å²) in [6.45, 7) is 0. The normalized spacial score (nSPS) is 11.4. The number of benzene rings is 8. The highest BCUT2D eigenvalue weighted by atomic mass is 35.7. The van der Waals surface area contributed by atoms with Crippen molar-refractivity contribution in [2.24, 2.45) is 0 Å². The number of rotatable bonds is 10. The highest BCUT2D eigenvalue weighted by molar-refractivity contribution is 7.99. The van der Waals surface area contributed by atoms with Gasteiger partial charge in [-0.2, -0.15) is 13.2 Å². The van der Waals surface area contributed by atoms with Crippen LogP contribution in [0.25, 0.3) is 0 Å². The lowest BCUT2D eigenvalue weighted by Gasteiger charge is -2.17. The van der Waals surface area contributed by atoms with Crippen LogP contribution < -0.4 is 18.6 Å². The minimum Gasteiger partial charge on any atom is -0.741 e. The molecular formula is C50H33Cl2F7O8S4. The Hall–Kier alpha value is -5.68. The van der Waals surface area contributed by atoms with E-state index in [1.165, 1.54) is 60.3 Å². The summed E-state index contributed by atoms with van der Waals surface area (Å²) >= 11 is 8.05. The Labute approximate surface area is 420 Å². The largest absolute Gasteiger partial charge is 0.741 e. The van der Waals surface area contributed by atoms with E-state index in [9.17, 15) is 35.5 Å². The zero-order chi connectivity index (χ0) is 51.9. The lowest BCUT2D eigenvalue weighted by atomic mass is 10.0. The minimum atomic E-state index is -6.09. The van der Waals surface area contributed by atoms with E-state index < -0.39 is 36.8 Å². The molecule has 8 aromatic carbocycles. The molecule has 8 rings (SSSR count). The molecule has 0 spiro atoms. The molecule has 8 aromatic rings. The summed E-state index contributed by atoms with van der Waals surface area (Å²) < 4.78 is 146. The van der Waals surface area contributed by atoms with Crippen molar-refractivity contribution in [3.63, 3.8) is 0 Å². The predicted octanol–water partition coefficient (Wildman–Crippen LogP) is 9.45. The van der Waals surface area contributed by atoms with Crippen LogP contribution in [0.3, 0.4) is 0 Å². The van der Waals surface area contributed by atoms with Gasteiger partial charge in [0.1, 0.15) is 23.3 Å². The first-order valence-corrected chi connectivity index (χ1v) is 26.1. The maximum absolute atomic E-state index is 13.6. The maximum atomic E-state index is 13.6. The summed E-state index contributed by atoms with van der Waals surface area (Å²) in [5, 5.41) is 0.508. The number of carbonyl (C=O) groups excluding carboxylic acids is 1. The van der Waals surface area contributed by atoms with E-state index in [0.717, 1.165) is 39.2 Å². The smallest absolute Gasteiger partial charge is 0.485 e. The molecule has 0 radical (unpaired) electrons. The van der Waals surface area contributed by atoms with E-state index >= 15 is 0 Å². The third-order valence-corrected chi connectivity index (χ3v) is 15.5. The van der Waals surface area contributed by atoms with Gasteiger partial charge in [-0.25, -0.2) is 44.6 Å². The molecule has 0 bridgehead atoms. The van der Waals surface area contributed by atoms with Crippen molar-refractivity contribution in [2.75, 3.05) is 0 Å². The van der Waals surface area contributed by atoms with Gasteiger partial charge in [0.25, 0.3) is 0 Å². The lowest BCUT2D eigenvalue weighted by molar-refractivity contribution is -2.00. The van der Waals surface area contributed by atoms with E-state index in [2.05, 4.69) is 0 Å². The van der Waals surface area contributed by atoms with Crippen LogP contribution in [-0.2, 0) is 31.9 Å². The number of alkyl halides is 3. The van der Waals surface area contributed by atoms with Crippen LogP contribution in [0, 0.1) is 33.5 Å². The molecule has 0 saturated heterocycles. The second-order valence-electron chi connectivity index (χ2n) is 13.9. The van der Waals surface area contributed by atoms with Crippen molar-refractivity contribution >= 4 is 61.1 Å². The molecule has 0 aliphatic heterocycles. The fourth-order valence-electron chi connectivity index (χ4n) is 5.91. The molecule has 0 amide bonds. The number of ketones is 1. The fraction of sp³-hybridized carbons (Fsp3) is 0.0200. The van der Waals surface area contributed by atoms with Gasteiger partial charge in [-0.05, 0) is 152 Å². The van der Waals surface area contributed by atoms with Gasteiger partial charge in [-0.15, -0.1) is 10.2 Å². The summed E-state index contributed by atoms with van der Waals surface area (Å²) in [6.07, 6.45) is 0. The second kappa shape index (κ2) is 25.6. The van der Waals surface area contributed by atoms with Gasteiger partial charge < -0.3 is 4.55 Å². The summed E-state index contributed by atoms with van der Waals surface area (Å²) in [4.78, 5) is 20.6. The SMILES string of the molecule is Fc1ccc([S+](c2ccccc2)c2ccc(F)cc2)cc1.O=C(c1ccccc1)c1ccc(Sc2ccc([S+](c3ccc(F)cc3)c3ccc(F)cc3)cc2)c(Cl)c1.O=S(=O)([O-])C(F)(F)F.[O-][Cl+3]([O-])([O-])[O-]. The third kappa shape index (κ3) is 17.8. The molecule has 0 unspecified atom stereocenters. The predicted molar refractivity (Wildman–Crippen MR) is 244 cm³/mol. The second-order valence-corrected chi connectivity index (χ2v) is 21.6. The van der Waals surface area contributed by atoms with E-state index in [4.69, 9.17) is 43.2 Å². The van der Waals surface area contributed by atoms with Crippen molar-refractivity contribution in [1.82, 2.24) is 0 Å². The number of halogens is 9. The molecule has 368 valence electrons. The molecule has 0 N–H and O–H groups in total. The Kier molecular flexibility index (Phi) is 20.3. The first kappa shape index (κ1) is 56.2. The fourth-order valence-corrected chi connectivity index (χ4v) is 11.1. The highest BCUT2D eigenvalue weighted by Gasteiger charge is 2.37. The lowest BCUT2D eigenvalue weighted by Crippen LogP contribution is -2.68. The van der Waals surface area contributed by atoms with Gasteiger partial charge >= 0.3 is 5.51 Å². The monoisotopic (exact) mass is 1090 g/mol. The molecule has 8 nitrogen and oxygen atoms in total. The summed E-state index contributed by atoms with van der Waals surface area (Å²) in [6, 6.07) is 58.3. The van der Waals surface area contributed by atoms with Crippen molar-refractivity contribution in [1.29, 1.82) is 0 Å². The molecule has 0 aliphatic rings. The molecule has 0 fully saturated rings. The van der Waals surface area contributed by atoms with Crippen LogP contribution in [-0.4, -0.2) is 24.3 Å². The van der Waals surface area contributed by atoms with Crippen LogP contribution in [0.4, 0.5) is 30.7 Å². The molecule has 0 aliphatic carbocycles. The Bertz CT molecular complexity index is 2970. The van der Waals surface area contributed by atoms with Crippen molar-refractivity contribution in [3.8, 4) is 0 Å². The third-order valence-electron chi connectivity index (χ3n) is 8.98. The van der Waals surface area contributed by atoms with Gasteiger partial charge in [-0.3, -0.25) is 4.79 Å². The van der Waals surface area contributed by atoms with E-state index in [1.54, 1.807) is 72.8 Å². The quantitative estimate of drug-likeness (QED) is 0.0426. The Balaban J connectivity index is 0.000000230. The van der Waals surface area contributed by atoms with Crippen LogP contribution >= 0.6 is 23.4 Å². The first-order chi connectivity index (χ1) is 33.5. The van der Waals surface area contributed by atoms with Crippen molar-refractivity contribution in [3.05, 3.63) is 240 Å². The van der Waals surface area contributed by atoms with Crippen LogP contribution in [0.2, 0.25) is 5.02 Å². The molecule has 71 heavy (non-hydrogen) atoms. The Morgan fingerprint density at radius 3 is 1.08 bits per heavy atom. The Morgan fingerprint density at radius 1 is 0.479 bits per heavy atom. The van der Waals surface area contributed by atoms with Crippen LogP contribution in [0.5, 0.6) is 0 Å². The molecule has 0 aromatic heterocycles. The highest BCUT2D eigenvalue weighted by Crippen LogP contribution is 2.37. The molecule has 0 saturated carbocycles.